The van der Waals surface area contributed by atoms with Crippen LogP contribution in [-0.2, 0) is 0 Å². The van der Waals surface area contributed by atoms with Gasteiger partial charge in [-0.15, -0.1) is 0 Å². The van der Waals surface area contributed by atoms with Crippen LogP contribution in [0.5, 0.6) is 0 Å². The lowest BCUT2D eigenvalue weighted by Crippen LogP contribution is -2.08. The molecule has 0 saturated carbocycles. The molecule has 0 radical (unpaired) electrons. The summed E-state index contributed by atoms with van der Waals surface area (Å²) in [4.78, 5) is 3.43. The number of benzene rings is 1. The molecule has 0 spiro atoms. The van der Waals surface area contributed by atoms with Gasteiger partial charge in [-0.25, -0.2) is 31.3 Å². The molecule has 0 fully saturated rings. The average Bonchev–Trinajstić information content (AvgIpc) is 2.41. The van der Waals surface area contributed by atoms with Crippen molar-refractivity contribution in [2.75, 3.05) is 5.32 Å². The van der Waals surface area contributed by atoms with Gasteiger partial charge >= 0.3 is 0 Å². The zero-order valence-electron chi connectivity index (χ0n) is 9.25. The summed E-state index contributed by atoms with van der Waals surface area (Å²) in [5.41, 5.74) is -1.38. The summed E-state index contributed by atoms with van der Waals surface area (Å²) in [6.07, 6.45) is 1.08. The van der Waals surface area contributed by atoms with Crippen LogP contribution in [0.15, 0.2) is 16.7 Å². The first-order valence-electron chi connectivity index (χ1n) is 4.92. The Morgan fingerprint density at radius 3 is 1.85 bits per heavy atom. The van der Waals surface area contributed by atoms with Crippen LogP contribution in [0.3, 0.4) is 0 Å². The number of halogens is 7. The van der Waals surface area contributed by atoms with Gasteiger partial charge in [-0.3, -0.25) is 0 Å². The molecular weight excluding hydrogens is 354 g/mol. The third-order valence-corrected chi connectivity index (χ3v) is 2.69. The van der Waals surface area contributed by atoms with Crippen molar-refractivity contribution in [3.05, 3.63) is 51.6 Å². The van der Waals surface area contributed by atoms with Crippen molar-refractivity contribution in [2.24, 2.45) is 0 Å². The molecule has 1 aromatic heterocycles. The van der Waals surface area contributed by atoms with Gasteiger partial charge in [0, 0.05) is 10.7 Å². The molecule has 0 atom stereocenters. The van der Waals surface area contributed by atoms with Crippen molar-refractivity contribution in [3.8, 4) is 0 Å². The summed E-state index contributed by atoms with van der Waals surface area (Å²) in [7, 11) is 0. The quantitative estimate of drug-likeness (QED) is 0.489. The molecule has 0 aliphatic heterocycles. The van der Waals surface area contributed by atoms with Gasteiger partial charge in [-0.1, -0.05) is 0 Å². The van der Waals surface area contributed by atoms with Gasteiger partial charge in [0.05, 0.1) is 0 Å². The molecule has 20 heavy (non-hydrogen) atoms. The van der Waals surface area contributed by atoms with Crippen molar-refractivity contribution in [2.45, 2.75) is 0 Å². The zero-order chi connectivity index (χ0) is 15.0. The van der Waals surface area contributed by atoms with E-state index in [0.717, 1.165) is 12.3 Å². The Kier molecular flexibility index (Phi) is 3.89. The van der Waals surface area contributed by atoms with Crippen molar-refractivity contribution in [1.29, 1.82) is 0 Å². The Morgan fingerprint density at radius 1 is 0.850 bits per heavy atom. The van der Waals surface area contributed by atoms with E-state index in [1.165, 1.54) is 0 Å². The number of nitrogens with zero attached hydrogens (tertiary/aromatic N) is 1. The maximum atomic E-state index is 13.4. The summed E-state index contributed by atoms with van der Waals surface area (Å²) < 4.78 is 79.1. The SMILES string of the molecule is Fc1cc(Br)cnc1Nc1c(F)c(F)c(F)c(F)c1F. The van der Waals surface area contributed by atoms with E-state index in [9.17, 15) is 26.3 Å². The first-order valence-corrected chi connectivity index (χ1v) is 5.71. The van der Waals surface area contributed by atoms with Crippen LogP contribution in [0.25, 0.3) is 0 Å². The lowest BCUT2D eigenvalue weighted by Gasteiger charge is -2.10. The number of anilines is 2. The number of hydrogen-bond acceptors (Lipinski definition) is 2. The fourth-order valence-corrected chi connectivity index (χ4v) is 1.64. The molecule has 2 rings (SSSR count). The maximum absolute atomic E-state index is 13.4. The fourth-order valence-electron chi connectivity index (χ4n) is 1.34. The van der Waals surface area contributed by atoms with Crippen LogP contribution in [-0.4, -0.2) is 4.98 Å². The first-order chi connectivity index (χ1) is 9.32. The molecule has 0 unspecified atom stereocenters. The number of aromatic nitrogens is 1. The fraction of sp³-hybridized carbons (Fsp3) is 0. The van der Waals surface area contributed by atoms with Gasteiger partial charge in [-0.05, 0) is 22.0 Å². The van der Waals surface area contributed by atoms with Crippen molar-refractivity contribution < 1.29 is 26.3 Å². The molecule has 1 aromatic carbocycles. The molecule has 0 saturated heterocycles. The highest BCUT2D eigenvalue weighted by molar-refractivity contribution is 9.10. The minimum atomic E-state index is -2.30. The molecule has 106 valence electrons. The number of rotatable bonds is 2. The highest BCUT2D eigenvalue weighted by Crippen LogP contribution is 2.30. The molecular formula is C11H3BrF6N2. The van der Waals surface area contributed by atoms with Gasteiger partial charge in [0.25, 0.3) is 0 Å². The Balaban J connectivity index is 2.54. The van der Waals surface area contributed by atoms with Crippen LogP contribution in [0.4, 0.5) is 37.8 Å². The summed E-state index contributed by atoms with van der Waals surface area (Å²) in [6.45, 7) is 0. The van der Waals surface area contributed by atoms with Gasteiger partial charge in [-0.2, -0.15) is 0 Å². The Bertz CT molecular complexity index is 662. The van der Waals surface area contributed by atoms with Crippen LogP contribution < -0.4 is 5.32 Å². The standard InChI is InChI=1S/C11H3BrF6N2/c12-3-1-4(13)11(19-2-3)20-10-8(17)6(15)5(14)7(16)9(10)18/h1-2H,(H,19,20). The van der Waals surface area contributed by atoms with E-state index in [1.54, 1.807) is 5.32 Å². The topological polar surface area (TPSA) is 24.9 Å². The molecule has 9 heteroatoms. The Hall–Kier alpha value is -1.77. The molecule has 1 heterocycles. The number of nitrogens with one attached hydrogen (secondary N) is 1. The minimum Gasteiger partial charge on any atom is -0.333 e. The molecule has 1 N–H and O–H groups in total. The van der Waals surface area contributed by atoms with Gasteiger partial charge in [0.1, 0.15) is 5.69 Å². The monoisotopic (exact) mass is 356 g/mol. The Morgan fingerprint density at radius 2 is 1.35 bits per heavy atom. The van der Waals surface area contributed by atoms with E-state index >= 15 is 0 Å². The molecule has 0 bridgehead atoms. The van der Waals surface area contributed by atoms with Gasteiger partial charge < -0.3 is 5.32 Å². The maximum Gasteiger partial charge on any atom is 0.200 e. The van der Waals surface area contributed by atoms with E-state index in [2.05, 4.69) is 20.9 Å². The average molecular weight is 357 g/mol. The van der Waals surface area contributed by atoms with E-state index in [4.69, 9.17) is 0 Å². The van der Waals surface area contributed by atoms with Gasteiger partial charge in [0.2, 0.25) is 5.82 Å². The molecule has 0 amide bonds. The summed E-state index contributed by atoms with van der Waals surface area (Å²) in [6, 6.07) is 0.904. The highest BCUT2D eigenvalue weighted by Gasteiger charge is 2.26. The minimum absolute atomic E-state index is 0.234. The smallest absolute Gasteiger partial charge is 0.200 e. The van der Waals surface area contributed by atoms with Crippen molar-refractivity contribution in [1.82, 2.24) is 4.98 Å². The summed E-state index contributed by atoms with van der Waals surface area (Å²) >= 11 is 2.90. The Labute approximate surface area is 116 Å². The third kappa shape index (κ3) is 2.45. The normalized spacial score (nSPS) is 10.8. The lowest BCUT2D eigenvalue weighted by atomic mass is 10.2. The second-order valence-corrected chi connectivity index (χ2v) is 4.47. The summed E-state index contributed by atoms with van der Waals surface area (Å²) in [5.74, 6) is -12.5. The second kappa shape index (κ2) is 5.31. The van der Waals surface area contributed by atoms with E-state index in [0.29, 0.717) is 0 Å². The van der Waals surface area contributed by atoms with Crippen LogP contribution in [0.1, 0.15) is 0 Å². The molecule has 2 nitrogen and oxygen atoms in total. The number of pyridine rings is 1. The van der Waals surface area contributed by atoms with Crippen LogP contribution in [0.2, 0.25) is 0 Å². The van der Waals surface area contributed by atoms with Crippen molar-refractivity contribution in [3.63, 3.8) is 0 Å². The van der Waals surface area contributed by atoms with Crippen molar-refractivity contribution >= 4 is 27.4 Å². The summed E-state index contributed by atoms with van der Waals surface area (Å²) in [5, 5.41) is 1.74. The van der Waals surface area contributed by atoms with E-state index in [-0.39, 0.29) is 4.47 Å². The zero-order valence-corrected chi connectivity index (χ0v) is 10.8. The van der Waals surface area contributed by atoms with E-state index in [1.807, 2.05) is 0 Å². The highest BCUT2D eigenvalue weighted by atomic mass is 79.9. The number of hydrogen-bond donors (Lipinski definition) is 1. The second-order valence-electron chi connectivity index (χ2n) is 3.55. The molecule has 2 aromatic rings. The third-order valence-electron chi connectivity index (χ3n) is 2.26. The predicted molar refractivity (Wildman–Crippen MR) is 61.4 cm³/mol. The molecule has 0 aliphatic rings. The lowest BCUT2D eigenvalue weighted by molar-refractivity contribution is 0.382. The first kappa shape index (κ1) is 14.6. The van der Waals surface area contributed by atoms with Crippen LogP contribution >= 0.6 is 15.9 Å². The molecule has 0 aliphatic carbocycles. The van der Waals surface area contributed by atoms with E-state index < -0.39 is 46.4 Å². The predicted octanol–water partition coefficient (Wildman–Crippen LogP) is 4.42. The van der Waals surface area contributed by atoms with Crippen LogP contribution in [0, 0.1) is 34.9 Å². The van der Waals surface area contributed by atoms with Gasteiger partial charge in [0.15, 0.2) is 34.9 Å². The largest absolute Gasteiger partial charge is 0.333 e.